The molecule has 1 saturated heterocycles. The summed E-state index contributed by atoms with van der Waals surface area (Å²) in [6.07, 6.45) is 9.78. The van der Waals surface area contributed by atoms with Crippen LogP contribution in [-0.4, -0.2) is 106 Å². The summed E-state index contributed by atoms with van der Waals surface area (Å²) in [6.45, 7) is 3.60. The van der Waals surface area contributed by atoms with Gasteiger partial charge in [-0.25, -0.2) is 9.31 Å². The number of aromatic amines is 1. The van der Waals surface area contributed by atoms with Crippen molar-refractivity contribution in [1.29, 1.82) is 0 Å². The molecule has 0 spiro atoms. The van der Waals surface area contributed by atoms with Gasteiger partial charge < -0.3 is 9.47 Å². The van der Waals surface area contributed by atoms with E-state index in [-0.39, 0.29) is 75.2 Å². The van der Waals surface area contributed by atoms with Crippen LogP contribution in [0.2, 0.25) is 0 Å². The Bertz CT molecular complexity index is 1880. The molecule has 7 rings (SSSR count). The molecule has 0 bridgehead atoms. The summed E-state index contributed by atoms with van der Waals surface area (Å²) in [4.78, 5) is 33.1. The van der Waals surface area contributed by atoms with Crippen LogP contribution in [-0.2, 0) is 22.3 Å². The van der Waals surface area contributed by atoms with E-state index >= 15 is 0 Å². The second-order valence-electron chi connectivity index (χ2n) is 12.1. The van der Waals surface area contributed by atoms with Crippen molar-refractivity contribution in [2.24, 2.45) is 0 Å². The third-order valence-corrected chi connectivity index (χ3v) is 9.13. The zero-order valence-corrected chi connectivity index (χ0v) is 25.5. The molecular formula is C34H39KN6O5. The third-order valence-electron chi connectivity index (χ3n) is 9.13. The Labute approximate surface area is 309 Å². The van der Waals surface area contributed by atoms with E-state index in [0.29, 0.717) is 24.6 Å². The quantitative estimate of drug-likeness (QED) is 0.219. The molecule has 5 aromatic rings. The number of nitrogens with one attached hydrogen (secondary N) is 1. The van der Waals surface area contributed by atoms with Crippen LogP contribution >= 0.6 is 0 Å². The molecule has 12 heteroatoms. The van der Waals surface area contributed by atoms with Crippen LogP contribution in [0.15, 0.2) is 69.0 Å². The van der Waals surface area contributed by atoms with Crippen LogP contribution in [0.25, 0.3) is 28.3 Å². The standard InChI is InChI=1S/C34H38N6O5.K.H/c1-2-6-30-29(19-22-10-12-23(13-11-22)27-8-3-4-9-28(27)31-37-34(42)45-38-31)32(41)39(33-35-21-36-40(30)33)24-14-16-25(17-15-24)44-20-26-7-5-18-43-26;;/h3-4,8-13,21,24-26H,2,5-7,14-20H2,1H3,(H,37,38,42);;. The average molecular weight is 651 g/mol. The third kappa shape index (κ3) is 6.94. The molecule has 1 aliphatic carbocycles. The molecule has 11 nitrogen and oxygen atoms in total. The number of nitrogens with zero attached hydrogens (tertiary/aromatic N) is 5. The van der Waals surface area contributed by atoms with Gasteiger partial charge in [0.1, 0.15) is 6.33 Å². The zero-order valence-electron chi connectivity index (χ0n) is 25.5. The molecule has 1 saturated carbocycles. The number of aryl methyl sites for hydroxylation is 1. The number of aromatic nitrogens is 6. The number of H-pyrrole nitrogens is 1. The van der Waals surface area contributed by atoms with Crippen molar-refractivity contribution >= 4 is 57.2 Å². The Morgan fingerprint density at radius 1 is 1.00 bits per heavy atom. The molecule has 3 aromatic heterocycles. The first-order chi connectivity index (χ1) is 22.1. The summed E-state index contributed by atoms with van der Waals surface area (Å²) in [5, 5.41) is 8.46. The van der Waals surface area contributed by atoms with E-state index in [9.17, 15) is 9.59 Å². The van der Waals surface area contributed by atoms with E-state index < -0.39 is 5.76 Å². The molecule has 1 aliphatic heterocycles. The fourth-order valence-corrected chi connectivity index (χ4v) is 6.86. The number of benzene rings is 2. The van der Waals surface area contributed by atoms with Crippen molar-refractivity contribution in [3.05, 3.63) is 92.6 Å². The van der Waals surface area contributed by atoms with Gasteiger partial charge in [-0.05, 0) is 61.6 Å². The second kappa shape index (κ2) is 15.0. The Balaban J connectivity index is 0.00000372. The minimum absolute atomic E-state index is 0. The van der Waals surface area contributed by atoms with Crippen molar-refractivity contribution in [2.45, 2.75) is 83.0 Å². The summed E-state index contributed by atoms with van der Waals surface area (Å²) in [6, 6.07) is 15.9. The van der Waals surface area contributed by atoms with Crippen LogP contribution in [0.4, 0.5) is 0 Å². The number of ether oxygens (including phenoxy) is 2. The fraction of sp³-hybridized carbons (Fsp3) is 0.441. The summed E-state index contributed by atoms with van der Waals surface area (Å²) < 4.78 is 20.4. The van der Waals surface area contributed by atoms with Crippen LogP contribution in [0.5, 0.6) is 0 Å². The topological polar surface area (TPSA) is 130 Å². The second-order valence-corrected chi connectivity index (χ2v) is 12.1. The maximum atomic E-state index is 14.3. The van der Waals surface area contributed by atoms with Gasteiger partial charge in [0.15, 0.2) is 5.82 Å². The van der Waals surface area contributed by atoms with Crippen molar-refractivity contribution in [3.63, 3.8) is 0 Å². The van der Waals surface area contributed by atoms with Crippen molar-refractivity contribution < 1.29 is 14.0 Å². The summed E-state index contributed by atoms with van der Waals surface area (Å²) in [7, 11) is 0. The first-order valence-corrected chi connectivity index (χ1v) is 16.0. The monoisotopic (exact) mass is 650 g/mol. The van der Waals surface area contributed by atoms with Crippen LogP contribution in [0.1, 0.15) is 74.7 Å². The number of hydrogen-bond donors (Lipinski definition) is 1. The van der Waals surface area contributed by atoms with Crippen LogP contribution in [0.3, 0.4) is 0 Å². The van der Waals surface area contributed by atoms with E-state index in [4.69, 9.17) is 14.0 Å². The van der Waals surface area contributed by atoms with Crippen molar-refractivity contribution in [2.75, 3.05) is 13.2 Å². The van der Waals surface area contributed by atoms with Gasteiger partial charge in [0.25, 0.3) is 5.56 Å². The molecule has 1 N–H and O–H groups in total. The number of hydrogen-bond acceptors (Lipinski definition) is 8. The molecule has 0 radical (unpaired) electrons. The SMILES string of the molecule is CCCc1c(Cc2ccc(-c3ccccc3-c3noc(=O)[nH]3)cc2)c(=O)n(C2CCC(OCC3CCCO3)CC2)c2ncnn12.[KH]. The Hall–Kier alpha value is -2.71. The number of fused-ring (bicyclic) bond motifs is 1. The van der Waals surface area contributed by atoms with Gasteiger partial charge in [0.05, 0.1) is 24.5 Å². The predicted molar refractivity (Wildman–Crippen MR) is 175 cm³/mol. The van der Waals surface area contributed by atoms with Gasteiger partial charge in [-0.15, -0.1) is 0 Å². The first-order valence-electron chi connectivity index (χ1n) is 16.0. The average Bonchev–Trinajstić information content (AvgIpc) is 3.86. The van der Waals surface area contributed by atoms with Gasteiger partial charge in [0, 0.05) is 30.2 Å². The van der Waals surface area contributed by atoms with E-state index in [0.717, 1.165) is 91.5 Å². The van der Waals surface area contributed by atoms with E-state index in [2.05, 4.69) is 39.3 Å². The normalized spacial score (nSPS) is 19.8. The van der Waals surface area contributed by atoms with Crippen LogP contribution in [0, 0.1) is 0 Å². The van der Waals surface area contributed by atoms with Gasteiger partial charge in [-0.2, -0.15) is 10.1 Å². The van der Waals surface area contributed by atoms with Gasteiger partial charge in [-0.1, -0.05) is 67.0 Å². The zero-order chi connectivity index (χ0) is 30.8. The summed E-state index contributed by atoms with van der Waals surface area (Å²) in [5.41, 5.74) is 5.39. The molecule has 46 heavy (non-hydrogen) atoms. The van der Waals surface area contributed by atoms with Crippen molar-refractivity contribution in [1.82, 2.24) is 29.3 Å². The maximum absolute atomic E-state index is 14.3. The molecule has 236 valence electrons. The van der Waals surface area contributed by atoms with E-state index in [1.165, 1.54) is 0 Å². The van der Waals surface area contributed by atoms with Crippen LogP contribution < -0.4 is 11.3 Å². The molecule has 1 unspecified atom stereocenters. The molecule has 2 aliphatic rings. The van der Waals surface area contributed by atoms with Gasteiger partial charge >= 0.3 is 57.1 Å². The Kier molecular flexibility index (Phi) is 10.8. The Morgan fingerprint density at radius 2 is 1.78 bits per heavy atom. The first kappa shape index (κ1) is 33.2. The van der Waals surface area contributed by atoms with Gasteiger partial charge in [0.2, 0.25) is 5.78 Å². The van der Waals surface area contributed by atoms with Crippen molar-refractivity contribution in [3.8, 4) is 22.5 Å². The number of rotatable bonds is 10. The fourth-order valence-electron chi connectivity index (χ4n) is 6.86. The van der Waals surface area contributed by atoms with Gasteiger partial charge in [-0.3, -0.25) is 18.9 Å². The molecule has 4 heterocycles. The summed E-state index contributed by atoms with van der Waals surface area (Å²) >= 11 is 0. The predicted octanol–water partition coefficient (Wildman–Crippen LogP) is 4.48. The minimum atomic E-state index is -0.594. The molecule has 0 amide bonds. The molecule has 2 aromatic carbocycles. The molecule has 2 fully saturated rings. The summed E-state index contributed by atoms with van der Waals surface area (Å²) in [5.74, 6) is 0.409. The van der Waals surface area contributed by atoms with E-state index in [1.807, 2.05) is 45.5 Å². The molecule has 1 atom stereocenters. The Morgan fingerprint density at radius 3 is 2.48 bits per heavy atom. The van der Waals surface area contributed by atoms with E-state index in [1.54, 1.807) is 6.33 Å². The molecular weight excluding hydrogens is 612 g/mol.